The minimum absolute atomic E-state index is 0.0659. The highest BCUT2D eigenvalue weighted by atomic mass is 32.2. The molecule has 1 saturated heterocycles. The first-order valence-electron chi connectivity index (χ1n) is 9.93. The molecule has 1 fully saturated rings. The summed E-state index contributed by atoms with van der Waals surface area (Å²) in [6.07, 6.45) is 0. The Labute approximate surface area is 186 Å². The van der Waals surface area contributed by atoms with E-state index in [1.54, 1.807) is 0 Å². The van der Waals surface area contributed by atoms with Gasteiger partial charge in [-0.3, -0.25) is 14.4 Å². The van der Waals surface area contributed by atoms with Gasteiger partial charge in [-0.2, -0.15) is 4.31 Å². The largest absolute Gasteiger partial charge is 0.368 e. The summed E-state index contributed by atoms with van der Waals surface area (Å²) >= 11 is 0. The minimum atomic E-state index is -3.69. The smallest absolute Gasteiger partial charge is 0.255 e. The molecule has 1 aliphatic heterocycles. The topological polar surface area (TPSA) is 142 Å². The fourth-order valence-electron chi connectivity index (χ4n) is 3.15. The van der Waals surface area contributed by atoms with E-state index in [1.807, 2.05) is 7.05 Å². The summed E-state index contributed by atoms with van der Waals surface area (Å²) in [4.78, 5) is 37.4. The first-order chi connectivity index (χ1) is 15.2. The Morgan fingerprint density at radius 3 is 2.22 bits per heavy atom. The molecule has 4 N–H and O–H groups in total. The lowest BCUT2D eigenvalue weighted by atomic mass is 10.1. The van der Waals surface area contributed by atoms with Gasteiger partial charge in [-0.15, -0.1) is 0 Å². The van der Waals surface area contributed by atoms with E-state index in [0.717, 1.165) is 0 Å². The van der Waals surface area contributed by atoms with Gasteiger partial charge in [-0.1, -0.05) is 6.07 Å². The number of rotatable bonds is 7. The molecule has 0 spiro atoms. The van der Waals surface area contributed by atoms with Crippen LogP contribution in [0.2, 0.25) is 0 Å². The van der Waals surface area contributed by atoms with E-state index in [-0.39, 0.29) is 17.0 Å². The first-order valence-corrected chi connectivity index (χ1v) is 11.4. The zero-order valence-electron chi connectivity index (χ0n) is 17.6. The van der Waals surface area contributed by atoms with E-state index in [0.29, 0.717) is 37.4 Å². The molecule has 0 aliphatic carbocycles. The quantitative estimate of drug-likeness (QED) is 0.536. The SMILES string of the molecule is CN1CCN(S(=O)(=O)c2cccc(C(=O)Nc3ccc(C(=O)NCC(N)=O)cc3)c2)CC1. The number of carbonyl (C=O) groups is 3. The second-order valence-corrected chi connectivity index (χ2v) is 9.35. The van der Waals surface area contributed by atoms with Crippen LogP contribution in [0.25, 0.3) is 0 Å². The highest BCUT2D eigenvalue weighted by Gasteiger charge is 2.28. The monoisotopic (exact) mass is 459 g/mol. The molecule has 3 amide bonds. The van der Waals surface area contributed by atoms with Crippen LogP contribution in [0.1, 0.15) is 20.7 Å². The van der Waals surface area contributed by atoms with Crippen molar-refractivity contribution in [3.63, 3.8) is 0 Å². The van der Waals surface area contributed by atoms with Crippen molar-refractivity contribution in [3.05, 3.63) is 59.7 Å². The van der Waals surface area contributed by atoms with Crippen molar-refractivity contribution < 1.29 is 22.8 Å². The molecule has 1 heterocycles. The van der Waals surface area contributed by atoms with E-state index in [1.165, 1.54) is 52.8 Å². The molecule has 0 atom stereocenters. The predicted octanol–water partition coefficient (Wildman–Crippen LogP) is 0.0901. The molecular formula is C21H25N5O5S. The number of nitrogens with zero attached hydrogens (tertiary/aromatic N) is 2. The molecular weight excluding hydrogens is 434 g/mol. The number of amides is 3. The van der Waals surface area contributed by atoms with Crippen LogP contribution in [0.15, 0.2) is 53.4 Å². The highest BCUT2D eigenvalue weighted by molar-refractivity contribution is 7.89. The maximum absolute atomic E-state index is 12.9. The predicted molar refractivity (Wildman–Crippen MR) is 119 cm³/mol. The molecule has 1 aliphatic rings. The number of carbonyl (C=O) groups excluding carboxylic acids is 3. The molecule has 0 bridgehead atoms. The number of nitrogens with two attached hydrogens (primary N) is 1. The summed E-state index contributed by atoms with van der Waals surface area (Å²) in [5.74, 6) is -1.60. The number of nitrogens with one attached hydrogen (secondary N) is 2. The first kappa shape index (κ1) is 23.4. The third-order valence-electron chi connectivity index (χ3n) is 5.02. The number of primary amides is 1. The van der Waals surface area contributed by atoms with Gasteiger partial charge in [0.1, 0.15) is 0 Å². The van der Waals surface area contributed by atoms with Crippen molar-refractivity contribution in [1.29, 1.82) is 0 Å². The summed E-state index contributed by atoms with van der Waals surface area (Å²) in [6.45, 7) is 1.82. The molecule has 170 valence electrons. The molecule has 2 aromatic rings. The molecule has 32 heavy (non-hydrogen) atoms. The summed E-state index contributed by atoms with van der Waals surface area (Å²) in [7, 11) is -1.75. The second-order valence-electron chi connectivity index (χ2n) is 7.42. The standard InChI is InChI=1S/C21H25N5O5S/c1-25-9-11-26(12-10-25)32(30,31)18-4-2-3-16(13-18)21(29)24-17-7-5-15(6-8-17)20(28)23-14-19(22)27/h2-8,13H,9-12,14H2,1H3,(H2,22,27)(H,23,28)(H,24,29). The Balaban J connectivity index is 1.68. The average molecular weight is 460 g/mol. The number of hydrogen-bond acceptors (Lipinski definition) is 6. The number of piperazine rings is 1. The van der Waals surface area contributed by atoms with Crippen LogP contribution in [0.4, 0.5) is 5.69 Å². The van der Waals surface area contributed by atoms with Crippen molar-refractivity contribution >= 4 is 33.4 Å². The van der Waals surface area contributed by atoms with Crippen LogP contribution < -0.4 is 16.4 Å². The van der Waals surface area contributed by atoms with Crippen molar-refractivity contribution in [1.82, 2.24) is 14.5 Å². The van der Waals surface area contributed by atoms with E-state index >= 15 is 0 Å². The fourth-order valence-corrected chi connectivity index (χ4v) is 4.62. The van der Waals surface area contributed by atoms with Crippen LogP contribution in [-0.4, -0.2) is 75.1 Å². The van der Waals surface area contributed by atoms with Crippen molar-refractivity contribution in [2.45, 2.75) is 4.90 Å². The minimum Gasteiger partial charge on any atom is -0.368 e. The molecule has 11 heteroatoms. The van der Waals surface area contributed by atoms with E-state index < -0.39 is 27.7 Å². The van der Waals surface area contributed by atoms with Gasteiger partial charge in [0, 0.05) is 43.0 Å². The van der Waals surface area contributed by atoms with Crippen molar-refractivity contribution in [3.8, 4) is 0 Å². The van der Waals surface area contributed by atoms with Gasteiger partial charge in [-0.25, -0.2) is 8.42 Å². The Hall–Kier alpha value is -3.28. The van der Waals surface area contributed by atoms with Crippen LogP contribution >= 0.6 is 0 Å². The van der Waals surface area contributed by atoms with Gasteiger partial charge in [-0.05, 0) is 49.5 Å². The van der Waals surface area contributed by atoms with Gasteiger partial charge in [0.05, 0.1) is 11.4 Å². The second kappa shape index (κ2) is 9.90. The lowest BCUT2D eigenvalue weighted by Crippen LogP contribution is -2.47. The Bertz CT molecular complexity index is 1110. The van der Waals surface area contributed by atoms with Gasteiger partial charge in [0.15, 0.2) is 0 Å². The van der Waals surface area contributed by atoms with Crippen LogP contribution in [0.3, 0.4) is 0 Å². The van der Waals surface area contributed by atoms with E-state index in [9.17, 15) is 22.8 Å². The van der Waals surface area contributed by atoms with Crippen LogP contribution in [0.5, 0.6) is 0 Å². The molecule has 2 aromatic carbocycles. The summed E-state index contributed by atoms with van der Waals surface area (Å²) < 4.78 is 27.3. The van der Waals surface area contributed by atoms with Crippen molar-refractivity contribution in [2.75, 3.05) is 45.1 Å². The lowest BCUT2D eigenvalue weighted by Gasteiger charge is -2.31. The Morgan fingerprint density at radius 1 is 0.938 bits per heavy atom. The number of benzene rings is 2. The fraction of sp³-hybridized carbons (Fsp3) is 0.286. The maximum Gasteiger partial charge on any atom is 0.255 e. The summed E-state index contributed by atoms with van der Waals surface area (Å²) in [5, 5.41) is 5.05. The van der Waals surface area contributed by atoms with Crippen LogP contribution in [0, 0.1) is 0 Å². The highest BCUT2D eigenvalue weighted by Crippen LogP contribution is 2.19. The Morgan fingerprint density at radius 2 is 1.59 bits per heavy atom. The molecule has 10 nitrogen and oxygen atoms in total. The molecule has 0 aromatic heterocycles. The average Bonchev–Trinajstić information content (AvgIpc) is 2.78. The van der Waals surface area contributed by atoms with E-state index in [4.69, 9.17) is 5.73 Å². The van der Waals surface area contributed by atoms with Gasteiger partial charge in [0.2, 0.25) is 15.9 Å². The molecule has 0 saturated carbocycles. The number of anilines is 1. The third kappa shape index (κ3) is 5.69. The van der Waals surface area contributed by atoms with E-state index in [2.05, 4.69) is 15.5 Å². The Kier molecular flexibility index (Phi) is 7.23. The molecule has 0 radical (unpaired) electrons. The summed E-state index contributed by atoms with van der Waals surface area (Å²) in [6, 6.07) is 11.9. The lowest BCUT2D eigenvalue weighted by molar-refractivity contribution is -0.117. The van der Waals surface area contributed by atoms with Gasteiger partial charge >= 0.3 is 0 Å². The van der Waals surface area contributed by atoms with Crippen molar-refractivity contribution in [2.24, 2.45) is 5.73 Å². The number of sulfonamides is 1. The van der Waals surface area contributed by atoms with Gasteiger partial charge in [0.25, 0.3) is 11.8 Å². The maximum atomic E-state index is 12.9. The zero-order chi connectivity index (χ0) is 23.3. The number of likely N-dealkylation sites (N-methyl/N-ethyl adjacent to an activating group) is 1. The third-order valence-corrected chi connectivity index (χ3v) is 6.92. The molecule has 0 unspecified atom stereocenters. The summed E-state index contributed by atoms with van der Waals surface area (Å²) in [5.41, 5.74) is 5.91. The number of hydrogen-bond donors (Lipinski definition) is 3. The normalized spacial score (nSPS) is 15.2. The molecule has 3 rings (SSSR count). The van der Waals surface area contributed by atoms with Crippen LogP contribution in [-0.2, 0) is 14.8 Å². The van der Waals surface area contributed by atoms with Gasteiger partial charge < -0.3 is 21.3 Å². The zero-order valence-corrected chi connectivity index (χ0v) is 18.4.